The fourth-order valence-corrected chi connectivity index (χ4v) is 3.59. The van der Waals surface area contributed by atoms with Crippen molar-refractivity contribution in [3.8, 4) is 16.9 Å². The number of nitrogens with one attached hydrogen (secondary N) is 1. The molecule has 1 aliphatic carbocycles. The van der Waals surface area contributed by atoms with Crippen molar-refractivity contribution in [2.24, 2.45) is 0 Å². The highest BCUT2D eigenvalue weighted by atomic mass is 16.5. The highest BCUT2D eigenvalue weighted by Crippen LogP contribution is 2.36. The molecule has 150 valence electrons. The standard InChI is InChI=1S/C25H17N3O3/c29-23-20-5-2-1-4-18(20)19-8-7-17(14-21(19)23)25(30)28-24-22(6-3-11-27-24)31-15-16-9-12-26-13-10-16/h1-14H,15H2,(H,27,28,30). The van der Waals surface area contributed by atoms with Crippen molar-refractivity contribution in [3.63, 3.8) is 0 Å². The molecule has 2 aromatic carbocycles. The number of hydrogen-bond donors (Lipinski definition) is 1. The van der Waals surface area contributed by atoms with E-state index in [9.17, 15) is 9.59 Å². The number of aromatic nitrogens is 2. The molecule has 0 radical (unpaired) electrons. The quantitative estimate of drug-likeness (QED) is 0.463. The Labute approximate surface area is 178 Å². The summed E-state index contributed by atoms with van der Waals surface area (Å²) in [6.45, 7) is 0.322. The molecule has 6 nitrogen and oxygen atoms in total. The number of nitrogens with zero attached hydrogens (tertiary/aromatic N) is 2. The van der Waals surface area contributed by atoms with Gasteiger partial charge in [0, 0.05) is 35.3 Å². The van der Waals surface area contributed by atoms with Gasteiger partial charge in [0.05, 0.1) is 0 Å². The van der Waals surface area contributed by atoms with Crippen LogP contribution >= 0.6 is 0 Å². The molecule has 0 atom stereocenters. The van der Waals surface area contributed by atoms with Gasteiger partial charge in [-0.25, -0.2) is 4.98 Å². The third-order valence-corrected chi connectivity index (χ3v) is 5.13. The normalized spacial score (nSPS) is 11.5. The summed E-state index contributed by atoms with van der Waals surface area (Å²) in [4.78, 5) is 33.8. The second-order valence-corrected chi connectivity index (χ2v) is 7.08. The Bertz CT molecular complexity index is 1300. The molecule has 6 heteroatoms. The molecule has 31 heavy (non-hydrogen) atoms. The highest BCUT2D eigenvalue weighted by molar-refractivity contribution is 6.22. The van der Waals surface area contributed by atoms with Gasteiger partial charge in [0.15, 0.2) is 17.4 Å². The molecule has 1 N–H and O–H groups in total. The molecule has 0 bridgehead atoms. The number of fused-ring (bicyclic) bond motifs is 3. The Morgan fingerprint density at radius 1 is 0.839 bits per heavy atom. The summed E-state index contributed by atoms with van der Waals surface area (Å²) in [5, 5.41) is 2.79. The zero-order chi connectivity index (χ0) is 21.2. The minimum absolute atomic E-state index is 0.0699. The molecule has 0 fully saturated rings. The molecule has 0 saturated heterocycles. The Morgan fingerprint density at radius 2 is 1.61 bits per heavy atom. The molecule has 5 rings (SSSR count). The monoisotopic (exact) mass is 407 g/mol. The molecule has 0 saturated carbocycles. The predicted molar refractivity (Wildman–Crippen MR) is 116 cm³/mol. The molecule has 2 aromatic heterocycles. The maximum Gasteiger partial charge on any atom is 0.256 e. The van der Waals surface area contributed by atoms with E-state index in [0.717, 1.165) is 16.7 Å². The van der Waals surface area contributed by atoms with Gasteiger partial charge in [0.2, 0.25) is 0 Å². The van der Waals surface area contributed by atoms with Crippen molar-refractivity contribution in [3.05, 3.63) is 108 Å². The zero-order valence-corrected chi connectivity index (χ0v) is 16.4. The molecule has 1 aliphatic rings. The van der Waals surface area contributed by atoms with Crippen molar-refractivity contribution >= 4 is 17.5 Å². The number of hydrogen-bond acceptors (Lipinski definition) is 5. The minimum Gasteiger partial charge on any atom is -0.485 e. The Hall–Kier alpha value is -4.32. The first-order valence-electron chi connectivity index (χ1n) is 9.77. The van der Waals surface area contributed by atoms with Crippen molar-refractivity contribution in [1.82, 2.24) is 9.97 Å². The number of ketones is 1. The van der Waals surface area contributed by atoms with Crippen molar-refractivity contribution in [2.45, 2.75) is 6.61 Å². The van der Waals surface area contributed by atoms with Crippen LogP contribution in [0.2, 0.25) is 0 Å². The zero-order valence-electron chi connectivity index (χ0n) is 16.4. The summed E-state index contributed by atoms with van der Waals surface area (Å²) in [6, 6.07) is 19.8. The van der Waals surface area contributed by atoms with Crippen LogP contribution in [0.15, 0.2) is 85.3 Å². The average Bonchev–Trinajstić information content (AvgIpc) is 3.11. The van der Waals surface area contributed by atoms with Gasteiger partial charge in [-0.2, -0.15) is 0 Å². The molecule has 0 spiro atoms. The van der Waals surface area contributed by atoms with Crippen LogP contribution in [-0.4, -0.2) is 21.7 Å². The predicted octanol–water partition coefficient (Wildman–Crippen LogP) is 4.52. The van der Waals surface area contributed by atoms with E-state index >= 15 is 0 Å². The van der Waals surface area contributed by atoms with Crippen LogP contribution in [0.3, 0.4) is 0 Å². The van der Waals surface area contributed by atoms with Gasteiger partial charge in [-0.1, -0.05) is 30.3 Å². The third-order valence-electron chi connectivity index (χ3n) is 5.13. The van der Waals surface area contributed by atoms with Gasteiger partial charge < -0.3 is 10.1 Å². The number of pyridine rings is 2. The van der Waals surface area contributed by atoms with Gasteiger partial charge in [-0.05, 0) is 53.1 Å². The van der Waals surface area contributed by atoms with Crippen molar-refractivity contribution in [1.29, 1.82) is 0 Å². The largest absolute Gasteiger partial charge is 0.485 e. The summed E-state index contributed by atoms with van der Waals surface area (Å²) >= 11 is 0. The van der Waals surface area contributed by atoms with E-state index in [1.807, 2.05) is 36.4 Å². The molecular weight excluding hydrogens is 390 g/mol. The Morgan fingerprint density at radius 3 is 2.45 bits per heavy atom. The van der Waals surface area contributed by atoms with E-state index < -0.39 is 0 Å². The Balaban J connectivity index is 1.36. The summed E-state index contributed by atoms with van der Waals surface area (Å²) in [5.41, 5.74) is 4.26. The number of benzene rings is 2. The number of anilines is 1. The molecule has 4 aromatic rings. The van der Waals surface area contributed by atoms with Crippen LogP contribution in [0.5, 0.6) is 5.75 Å². The number of ether oxygens (including phenoxy) is 1. The van der Waals surface area contributed by atoms with Gasteiger partial charge in [-0.15, -0.1) is 0 Å². The first-order valence-corrected chi connectivity index (χ1v) is 9.77. The maximum atomic E-state index is 12.9. The summed E-state index contributed by atoms with van der Waals surface area (Å²) < 4.78 is 5.83. The van der Waals surface area contributed by atoms with Gasteiger partial charge in [0.25, 0.3) is 5.91 Å². The topological polar surface area (TPSA) is 81.2 Å². The average molecular weight is 407 g/mol. The van der Waals surface area contributed by atoms with Gasteiger partial charge >= 0.3 is 0 Å². The second kappa shape index (κ2) is 7.84. The van der Waals surface area contributed by atoms with Crippen LogP contribution in [0, 0.1) is 0 Å². The molecular formula is C25H17N3O3. The summed E-state index contributed by atoms with van der Waals surface area (Å²) in [7, 11) is 0. The molecule has 1 amide bonds. The van der Waals surface area contributed by atoms with Crippen molar-refractivity contribution in [2.75, 3.05) is 5.32 Å². The van der Waals surface area contributed by atoms with Crippen LogP contribution in [0.4, 0.5) is 5.82 Å². The van der Waals surface area contributed by atoms with Gasteiger partial charge in [-0.3, -0.25) is 14.6 Å². The van der Waals surface area contributed by atoms with E-state index in [1.54, 1.807) is 48.9 Å². The van der Waals surface area contributed by atoms with E-state index in [-0.39, 0.29) is 11.7 Å². The maximum absolute atomic E-state index is 12.9. The van der Waals surface area contributed by atoms with Crippen LogP contribution < -0.4 is 10.1 Å². The van der Waals surface area contributed by atoms with Crippen molar-refractivity contribution < 1.29 is 14.3 Å². The van der Waals surface area contributed by atoms with Crippen LogP contribution in [0.25, 0.3) is 11.1 Å². The third kappa shape index (κ3) is 3.55. The van der Waals surface area contributed by atoms with E-state index in [4.69, 9.17) is 4.74 Å². The van der Waals surface area contributed by atoms with E-state index in [1.165, 1.54) is 0 Å². The van der Waals surface area contributed by atoms with Crippen LogP contribution in [-0.2, 0) is 6.61 Å². The fraction of sp³-hybridized carbons (Fsp3) is 0.0400. The first-order chi connectivity index (χ1) is 15.2. The number of carbonyl (C=O) groups excluding carboxylic acids is 2. The summed E-state index contributed by atoms with van der Waals surface area (Å²) in [6.07, 6.45) is 4.97. The highest BCUT2D eigenvalue weighted by Gasteiger charge is 2.27. The lowest BCUT2D eigenvalue weighted by atomic mass is 10.0. The van der Waals surface area contributed by atoms with Crippen LogP contribution in [0.1, 0.15) is 31.8 Å². The molecule has 0 unspecified atom stereocenters. The summed E-state index contributed by atoms with van der Waals surface area (Å²) in [5.74, 6) is 0.340. The molecule has 2 heterocycles. The lowest BCUT2D eigenvalue weighted by molar-refractivity contribution is 0.102. The SMILES string of the molecule is O=C(Nc1ncccc1OCc1ccncc1)c1ccc2c(c1)C(=O)c1ccccc1-2. The minimum atomic E-state index is -0.362. The van der Waals surface area contributed by atoms with E-state index in [2.05, 4.69) is 15.3 Å². The molecule has 0 aliphatic heterocycles. The number of amides is 1. The lowest BCUT2D eigenvalue weighted by Crippen LogP contribution is -2.14. The van der Waals surface area contributed by atoms with Gasteiger partial charge in [0.1, 0.15) is 6.61 Å². The second-order valence-electron chi connectivity index (χ2n) is 7.08. The fourth-order valence-electron chi connectivity index (χ4n) is 3.59. The van der Waals surface area contributed by atoms with E-state index in [0.29, 0.717) is 34.9 Å². The number of carbonyl (C=O) groups is 2. The first kappa shape index (κ1) is 18.7. The number of rotatable bonds is 5. The lowest BCUT2D eigenvalue weighted by Gasteiger charge is -2.12. The smallest absolute Gasteiger partial charge is 0.256 e. The Kier molecular flexibility index (Phi) is 4.72.